The summed E-state index contributed by atoms with van der Waals surface area (Å²) in [5.41, 5.74) is 1.01. The molecule has 1 aromatic rings. The summed E-state index contributed by atoms with van der Waals surface area (Å²) < 4.78 is 0. The molecule has 0 aliphatic heterocycles. The Morgan fingerprint density at radius 1 is 1.25 bits per heavy atom. The Morgan fingerprint density at radius 2 is 2.00 bits per heavy atom. The third-order valence-electron chi connectivity index (χ3n) is 3.00. The maximum Gasteiger partial charge on any atom is 0.148 e. The van der Waals surface area contributed by atoms with E-state index in [1.165, 1.54) is 0 Å². The molecular weight excluding hydrogens is 202 g/mol. The van der Waals surface area contributed by atoms with E-state index in [-0.39, 0.29) is 17.6 Å². The van der Waals surface area contributed by atoms with Crippen LogP contribution in [0.3, 0.4) is 0 Å². The lowest BCUT2D eigenvalue weighted by molar-refractivity contribution is 0.0784. The summed E-state index contributed by atoms with van der Waals surface area (Å²) in [5, 5.41) is 20.9. The number of anilines is 1. The second-order valence-corrected chi connectivity index (χ2v) is 5.45. The Hall–Kier alpha value is -1.16. The molecule has 1 aromatic heterocycles. The van der Waals surface area contributed by atoms with E-state index in [2.05, 4.69) is 36.3 Å². The van der Waals surface area contributed by atoms with Crippen LogP contribution in [0.15, 0.2) is 12.1 Å². The first-order valence-corrected chi connectivity index (χ1v) is 5.75. The van der Waals surface area contributed by atoms with Gasteiger partial charge in [0.25, 0.3) is 0 Å². The molecule has 1 heterocycles. The minimum Gasteiger partial charge on any atom is -0.391 e. The lowest BCUT2D eigenvalue weighted by atomic mass is 9.89. The summed E-state index contributed by atoms with van der Waals surface area (Å²) in [4.78, 5) is 0. The SMILES string of the molecule is CC(C)(C)c1ccc(NC2CCC2O)nn1. The zero-order valence-electron chi connectivity index (χ0n) is 10.1. The molecule has 1 saturated carbocycles. The number of nitrogens with zero attached hydrogens (tertiary/aromatic N) is 2. The lowest BCUT2D eigenvalue weighted by Crippen LogP contribution is -2.43. The summed E-state index contributed by atoms with van der Waals surface area (Å²) in [5.74, 6) is 0.747. The molecule has 0 bridgehead atoms. The van der Waals surface area contributed by atoms with E-state index in [9.17, 15) is 5.11 Å². The third kappa shape index (κ3) is 2.32. The highest BCUT2D eigenvalue weighted by Crippen LogP contribution is 2.24. The predicted octanol–water partition coefficient (Wildman–Crippen LogP) is 1.71. The fraction of sp³-hybridized carbons (Fsp3) is 0.667. The molecule has 0 saturated heterocycles. The van der Waals surface area contributed by atoms with Gasteiger partial charge in [-0.1, -0.05) is 20.8 Å². The lowest BCUT2D eigenvalue weighted by Gasteiger charge is -2.33. The molecule has 2 rings (SSSR count). The van der Waals surface area contributed by atoms with Crippen molar-refractivity contribution in [2.45, 2.75) is 51.2 Å². The van der Waals surface area contributed by atoms with E-state index in [1.807, 2.05) is 12.1 Å². The van der Waals surface area contributed by atoms with E-state index < -0.39 is 0 Å². The summed E-state index contributed by atoms with van der Waals surface area (Å²) in [6, 6.07) is 4.06. The average Bonchev–Trinajstić information content (AvgIpc) is 2.23. The molecule has 0 radical (unpaired) electrons. The number of aromatic nitrogens is 2. The van der Waals surface area contributed by atoms with Crippen molar-refractivity contribution in [2.75, 3.05) is 5.32 Å². The number of nitrogens with one attached hydrogen (secondary N) is 1. The molecule has 1 aliphatic rings. The highest BCUT2D eigenvalue weighted by Gasteiger charge is 2.28. The van der Waals surface area contributed by atoms with E-state index in [0.717, 1.165) is 24.4 Å². The van der Waals surface area contributed by atoms with E-state index in [0.29, 0.717) is 0 Å². The fourth-order valence-corrected chi connectivity index (χ4v) is 1.65. The molecule has 1 fully saturated rings. The zero-order chi connectivity index (χ0) is 11.8. The number of aliphatic hydroxyl groups excluding tert-OH is 1. The molecule has 2 unspecified atom stereocenters. The Balaban J connectivity index is 2.02. The van der Waals surface area contributed by atoms with Gasteiger partial charge in [0.2, 0.25) is 0 Å². The highest BCUT2D eigenvalue weighted by atomic mass is 16.3. The molecular formula is C12H19N3O. The van der Waals surface area contributed by atoms with Crippen LogP contribution in [-0.4, -0.2) is 27.4 Å². The topological polar surface area (TPSA) is 58.0 Å². The Bertz CT molecular complexity index is 356. The van der Waals surface area contributed by atoms with Crippen LogP contribution in [0.25, 0.3) is 0 Å². The predicted molar refractivity (Wildman–Crippen MR) is 63.4 cm³/mol. The van der Waals surface area contributed by atoms with Crippen molar-refractivity contribution in [1.29, 1.82) is 0 Å². The van der Waals surface area contributed by atoms with Crippen LogP contribution in [0, 0.1) is 0 Å². The van der Waals surface area contributed by atoms with E-state index >= 15 is 0 Å². The van der Waals surface area contributed by atoms with Gasteiger partial charge in [-0.3, -0.25) is 0 Å². The van der Waals surface area contributed by atoms with Gasteiger partial charge < -0.3 is 10.4 Å². The van der Waals surface area contributed by atoms with Crippen LogP contribution in [0.5, 0.6) is 0 Å². The minimum atomic E-state index is -0.232. The van der Waals surface area contributed by atoms with Crippen molar-refractivity contribution in [3.05, 3.63) is 17.8 Å². The van der Waals surface area contributed by atoms with Gasteiger partial charge in [0.15, 0.2) is 0 Å². The van der Waals surface area contributed by atoms with Crippen LogP contribution >= 0.6 is 0 Å². The fourth-order valence-electron chi connectivity index (χ4n) is 1.65. The molecule has 2 N–H and O–H groups in total. The van der Waals surface area contributed by atoms with Crippen LogP contribution in [-0.2, 0) is 5.41 Å². The molecule has 16 heavy (non-hydrogen) atoms. The third-order valence-corrected chi connectivity index (χ3v) is 3.00. The second kappa shape index (κ2) is 4.01. The molecule has 88 valence electrons. The number of hydrogen-bond donors (Lipinski definition) is 2. The molecule has 4 heteroatoms. The normalized spacial score (nSPS) is 25.0. The maximum atomic E-state index is 9.44. The standard InChI is InChI=1S/C12H19N3O/c1-12(2,3)10-6-7-11(15-14-10)13-8-4-5-9(8)16/h6-9,16H,4-5H2,1-3H3,(H,13,15). The molecule has 0 amide bonds. The van der Waals surface area contributed by atoms with E-state index in [4.69, 9.17) is 0 Å². The van der Waals surface area contributed by atoms with Gasteiger partial charge in [-0.25, -0.2) is 0 Å². The average molecular weight is 221 g/mol. The molecule has 1 aliphatic carbocycles. The van der Waals surface area contributed by atoms with Gasteiger partial charge in [0, 0.05) is 5.41 Å². The second-order valence-electron chi connectivity index (χ2n) is 5.45. The largest absolute Gasteiger partial charge is 0.391 e. The van der Waals surface area contributed by atoms with Crippen LogP contribution in [0.2, 0.25) is 0 Å². The van der Waals surface area contributed by atoms with Crippen molar-refractivity contribution >= 4 is 5.82 Å². The maximum absolute atomic E-state index is 9.44. The van der Waals surface area contributed by atoms with Crippen LogP contribution in [0.4, 0.5) is 5.82 Å². The number of aliphatic hydroxyl groups is 1. The first-order valence-electron chi connectivity index (χ1n) is 5.75. The minimum absolute atomic E-state index is 0.0293. The summed E-state index contributed by atoms with van der Waals surface area (Å²) in [7, 11) is 0. The number of hydrogen-bond acceptors (Lipinski definition) is 4. The molecule has 2 atom stereocenters. The van der Waals surface area contributed by atoms with Gasteiger partial charge in [0.05, 0.1) is 17.8 Å². The monoisotopic (exact) mass is 221 g/mol. The van der Waals surface area contributed by atoms with Crippen molar-refractivity contribution in [2.24, 2.45) is 0 Å². The summed E-state index contributed by atoms with van der Waals surface area (Å²) in [6.07, 6.45) is 1.65. The zero-order valence-corrected chi connectivity index (χ0v) is 10.1. The first kappa shape index (κ1) is 11.3. The molecule has 0 aromatic carbocycles. The van der Waals surface area contributed by atoms with Gasteiger partial charge in [-0.05, 0) is 25.0 Å². The van der Waals surface area contributed by atoms with E-state index in [1.54, 1.807) is 0 Å². The summed E-state index contributed by atoms with van der Waals surface area (Å²) in [6.45, 7) is 6.33. The van der Waals surface area contributed by atoms with Gasteiger partial charge in [-0.15, -0.1) is 5.10 Å². The quantitative estimate of drug-likeness (QED) is 0.798. The van der Waals surface area contributed by atoms with Crippen molar-refractivity contribution < 1.29 is 5.11 Å². The van der Waals surface area contributed by atoms with Gasteiger partial charge >= 0.3 is 0 Å². The Labute approximate surface area is 96.1 Å². The van der Waals surface area contributed by atoms with Crippen LogP contribution in [0.1, 0.15) is 39.3 Å². The van der Waals surface area contributed by atoms with Crippen molar-refractivity contribution in [3.63, 3.8) is 0 Å². The van der Waals surface area contributed by atoms with Crippen molar-refractivity contribution in [3.8, 4) is 0 Å². The Morgan fingerprint density at radius 3 is 2.38 bits per heavy atom. The number of rotatable bonds is 2. The Kier molecular flexibility index (Phi) is 2.84. The van der Waals surface area contributed by atoms with Crippen LogP contribution < -0.4 is 5.32 Å². The van der Waals surface area contributed by atoms with Gasteiger partial charge in [-0.2, -0.15) is 5.10 Å². The smallest absolute Gasteiger partial charge is 0.148 e. The summed E-state index contributed by atoms with van der Waals surface area (Å²) >= 11 is 0. The van der Waals surface area contributed by atoms with Crippen molar-refractivity contribution in [1.82, 2.24) is 10.2 Å². The molecule has 0 spiro atoms. The molecule has 4 nitrogen and oxygen atoms in total. The highest BCUT2D eigenvalue weighted by molar-refractivity contribution is 5.36. The van der Waals surface area contributed by atoms with Gasteiger partial charge in [0.1, 0.15) is 5.82 Å². The first-order chi connectivity index (χ1) is 7.47.